The minimum Gasteiger partial charge on any atom is -0.210 e. The summed E-state index contributed by atoms with van der Waals surface area (Å²) >= 11 is 0. The molecule has 0 saturated carbocycles. The normalized spacial score (nSPS) is 15.6. The van der Waals surface area contributed by atoms with Crippen molar-refractivity contribution in [2.24, 2.45) is 5.92 Å². The van der Waals surface area contributed by atoms with Crippen LogP contribution in [0.25, 0.3) is 0 Å². The first-order valence-corrected chi connectivity index (χ1v) is 3.87. The predicted molar refractivity (Wildman–Crippen MR) is 48.3 cm³/mol. The van der Waals surface area contributed by atoms with Crippen molar-refractivity contribution in [3.63, 3.8) is 0 Å². The maximum absolute atomic E-state index is 12.2. The maximum atomic E-state index is 12.2. The van der Waals surface area contributed by atoms with Gasteiger partial charge in [-0.2, -0.15) is 0 Å². The van der Waals surface area contributed by atoms with Crippen LogP contribution < -0.4 is 0 Å². The summed E-state index contributed by atoms with van der Waals surface area (Å²) in [7, 11) is 0. The molecule has 0 radical (unpaired) electrons. The first kappa shape index (κ1) is 11.1. The van der Waals surface area contributed by atoms with Crippen molar-refractivity contribution in [2.75, 3.05) is 0 Å². The minimum atomic E-state index is -2.30. The lowest BCUT2D eigenvalue weighted by Crippen LogP contribution is -2.08. The fourth-order valence-corrected chi connectivity index (χ4v) is 0.836. The van der Waals surface area contributed by atoms with Gasteiger partial charge in [0, 0.05) is 5.92 Å². The van der Waals surface area contributed by atoms with Gasteiger partial charge < -0.3 is 0 Å². The van der Waals surface area contributed by atoms with Crippen molar-refractivity contribution >= 4 is 0 Å². The highest BCUT2D eigenvalue weighted by Crippen LogP contribution is 2.19. The molecule has 0 nitrogen and oxygen atoms in total. The third-order valence-electron chi connectivity index (χ3n) is 1.66. The quantitative estimate of drug-likeness (QED) is 0.568. The van der Waals surface area contributed by atoms with E-state index in [2.05, 4.69) is 6.58 Å². The number of rotatable bonds is 4. The van der Waals surface area contributed by atoms with E-state index in [9.17, 15) is 8.78 Å². The Morgan fingerprint density at radius 2 is 2.00 bits per heavy atom. The van der Waals surface area contributed by atoms with E-state index in [-0.39, 0.29) is 0 Å². The highest BCUT2D eigenvalue weighted by Gasteiger charge is 2.16. The van der Waals surface area contributed by atoms with Crippen molar-refractivity contribution in [3.8, 4) is 0 Å². The van der Waals surface area contributed by atoms with Gasteiger partial charge in [0.25, 0.3) is 0 Å². The fourth-order valence-electron chi connectivity index (χ4n) is 0.836. The molecular weight excluding hydrogens is 158 g/mol. The third-order valence-corrected chi connectivity index (χ3v) is 1.66. The number of halogens is 2. The van der Waals surface area contributed by atoms with E-state index in [4.69, 9.17) is 0 Å². The zero-order valence-corrected chi connectivity index (χ0v) is 7.43. The van der Waals surface area contributed by atoms with Crippen LogP contribution in [0.5, 0.6) is 0 Å². The van der Waals surface area contributed by atoms with E-state index in [1.807, 2.05) is 0 Å². The molecule has 12 heavy (non-hydrogen) atoms. The van der Waals surface area contributed by atoms with Gasteiger partial charge in [-0.3, -0.25) is 0 Å². The van der Waals surface area contributed by atoms with Crippen molar-refractivity contribution in [2.45, 2.75) is 20.3 Å². The average molecular weight is 172 g/mol. The topological polar surface area (TPSA) is 0 Å². The summed E-state index contributed by atoms with van der Waals surface area (Å²) < 4.78 is 24.4. The largest absolute Gasteiger partial charge is 0.245 e. The van der Waals surface area contributed by atoms with E-state index < -0.39 is 12.3 Å². The third kappa shape index (κ3) is 3.46. The van der Waals surface area contributed by atoms with Crippen molar-refractivity contribution in [1.82, 2.24) is 0 Å². The van der Waals surface area contributed by atoms with Crippen molar-refractivity contribution < 1.29 is 8.78 Å². The molecule has 0 spiro atoms. The Labute approximate surface area is 72.3 Å². The van der Waals surface area contributed by atoms with E-state index in [1.165, 1.54) is 6.92 Å². The number of hydrogen-bond donors (Lipinski definition) is 0. The fraction of sp³-hybridized carbons (Fsp3) is 0.400. The second-order valence-electron chi connectivity index (χ2n) is 2.51. The van der Waals surface area contributed by atoms with Crippen LogP contribution in [0.4, 0.5) is 8.78 Å². The summed E-state index contributed by atoms with van der Waals surface area (Å²) in [4.78, 5) is 0. The summed E-state index contributed by atoms with van der Waals surface area (Å²) in [6, 6.07) is 0. The van der Waals surface area contributed by atoms with Crippen molar-refractivity contribution in [3.05, 3.63) is 36.5 Å². The highest BCUT2D eigenvalue weighted by molar-refractivity contribution is 5.23. The van der Waals surface area contributed by atoms with E-state index in [0.29, 0.717) is 5.57 Å². The van der Waals surface area contributed by atoms with E-state index >= 15 is 0 Å². The molecule has 0 aliphatic carbocycles. The van der Waals surface area contributed by atoms with Gasteiger partial charge in [0.2, 0.25) is 6.43 Å². The Balaban J connectivity index is 4.36. The Hall–Kier alpha value is -0.920. The molecule has 0 aliphatic heterocycles. The molecule has 0 saturated heterocycles. The second-order valence-corrected chi connectivity index (χ2v) is 2.51. The molecule has 0 aromatic heterocycles. The molecule has 0 heterocycles. The molecule has 0 rings (SSSR count). The lowest BCUT2D eigenvalue weighted by atomic mass is 10.0. The van der Waals surface area contributed by atoms with Crippen LogP contribution in [0, 0.1) is 5.92 Å². The summed E-state index contributed by atoms with van der Waals surface area (Å²) in [6.07, 6.45) is 4.28. The molecule has 0 aromatic rings. The molecule has 0 N–H and O–H groups in total. The van der Waals surface area contributed by atoms with Crippen molar-refractivity contribution in [1.29, 1.82) is 0 Å². The standard InChI is InChI=1S/C10H14F2/c1-4-6-7-9(5-2)8(3)10(11)12/h4-8,10H,1H2,2-3H3/b7-6-,9-5+. The second kappa shape index (κ2) is 5.70. The molecule has 1 unspecified atom stereocenters. The summed E-state index contributed by atoms with van der Waals surface area (Å²) in [5.74, 6) is -0.703. The monoisotopic (exact) mass is 172 g/mol. The smallest absolute Gasteiger partial charge is 0.210 e. The summed E-state index contributed by atoms with van der Waals surface area (Å²) in [6.45, 7) is 6.73. The molecule has 68 valence electrons. The predicted octanol–water partition coefficient (Wildman–Crippen LogP) is 3.58. The maximum Gasteiger partial charge on any atom is 0.245 e. The van der Waals surface area contributed by atoms with Crippen LogP contribution in [-0.4, -0.2) is 6.43 Å². The van der Waals surface area contributed by atoms with Gasteiger partial charge in [-0.25, -0.2) is 8.78 Å². The Morgan fingerprint density at radius 1 is 1.42 bits per heavy atom. The Bertz CT molecular complexity index is 190. The minimum absolute atomic E-state index is 0.643. The zero-order chi connectivity index (χ0) is 9.56. The first-order chi connectivity index (χ1) is 5.63. The van der Waals surface area contributed by atoms with Crippen LogP contribution in [0.1, 0.15) is 13.8 Å². The van der Waals surface area contributed by atoms with Gasteiger partial charge in [-0.1, -0.05) is 37.8 Å². The molecule has 0 bridgehead atoms. The van der Waals surface area contributed by atoms with E-state index in [0.717, 1.165) is 0 Å². The van der Waals surface area contributed by atoms with Gasteiger partial charge in [-0.15, -0.1) is 0 Å². The van der Waals surface area contributed by atoms with Crippen LogP contribution in [0.2, 0.25) is 0 Å². The van der Waals surface area contributed by atoms with Crippen LogP contribution >= 0.6 is 0 Å². The number of alkyl halides is 2. The molecule has 0 aromatic carbocycles. The Kier molecular flexibility index (Phi) is 5.26. The molecule has 0 amide bonds. The van der Waals surface area contributed by atoms with Gasteiger partial charge in [0.05, 0.1) is 0 Å². The molecule has 2 heteroatoms. The zero-order valence-electron chi connectivity index (χ0n) is 7.43. The number of hydrogen-bond acceptors (Lipinski definition) is 0. The van der Waals surface area contributed by atoms with Gasteiger partial charge in [0.1, 0.15) is 0 Å². The van der Waals surface area contributed by atoms with Crippen LogP contribution in [0.3, 0.4) is 0 Å². The number of allylic oxidation sites excluding steroid dienone is 5. The molecular formula is C10H14F2. The Morgan fingerprint density at radius 3 is 2.33 bits per heavy atom. The average Bonchev–Trinajstić information content (AvgIpc) is 2.05. The summed E-state index contributed by atoms with van der Waals surface area (Å²) in [5, 5.41) is 0. The summed E-state index contributed by atoms with van der Waals surface area (Å²) in [5.41, 5.74) is 0.643. The molecule has 1 atom stereocenters. The highest BCUT2D eigenvalue weighted by atomic mass is 19.3. The SMILES string of the molecule is C=C/C=C\C(=C/C)C(C)C(F)F. The van der Waals surface area contributed by atoms with Crippen LogP contribution in [-0.2, 0) is 0 Å². The van der Waals surface area contributed by atoms with E-state index in [1.54, 1.807) is 31.2 Å². The van der Waals surface area contributed by atoms with Gasteiger partial charge in [-0.05, 0) is 12.5 Å². The van der Waals surface area contributed by atoms with Gasteiger partial charge in [0.15, 0.2) is 0 Å². The van der Waals surface area contributed by atoms with Crippen LogP contribution in [0.15, 0.2) is 36.5 Å². The molecule has 0 aliphatic rings. The van der Waals surface area contributed by atoms with Gasteiger partial charge >= 0.3 is 0 Å². The lowest BCUT2D eigenvalue weighted by Gasteiger charge is -2.10. The molecule has 0 fully saturated rings. The first-order valence-electron chi connectivity index (χ1n) is 3.87. The lowest BCUT2D eigenvalue weighted by molar-refractivity contribution is 0.105.